The molecule has 0 aliphatic heterocycles. The van der Waals surface area contributed by atoms with Crippen LogP contribution in [-0.2, 0) is 0 Å². The molecule has 0 radical (unpaired) electrons. The van der Waals surface area contributed by atoms with Gasteiger partial charge in [0.25, 0.3) is 0 Å². The third kappa shape index (κ3) is 4.39. The summed E-state index contributed by atoms with van der Waals surface area (Å²) in [4.78, 5) is 4.07. The topological polar surface area (TPSA) is 12.4 Å². The molecule has 1 nitrogen and oxygen atoms in total. The molecule has 0 aliphatic rings. The average Bonchev–Trinajstić information content (AvgIpc) is 1.84. The van der Waals surface area contributed by atoms with Crippen molar-refractivity contribution < 1.29 is 0 Å². The number of allylic oxidation sites excluding steroid dienone is 1. The third-order valence-electron chi connectivity index (χ3n) is 0.929. The van der Waals surface area contributed by atoms with Crippen LogP contribution < -0.4 is 0 Å². The van der Waals surface area contributed by atoms with Gasteiger partial charge in [-0.05, 0) is 24.8 Å². The highest BCUT2D eigenvalue weighted by molar-refractivity contribution is 8.28. The second-order valence-electron chi connectivity index (χ2n) is 2.37. The second-order valence-corrected chi connectivity index (χ2v) is 5.83. The van der Waals surface area contributed by atoms with Crippen LogP contribution in [0, 0.1) is 0 Å². The summed E-state index contributed by atoms with van der Waals surface area (Å²) in [7, 11) is -0.760. The van der Waals surface area contributed by atoms with Gasteiger partial charge in [-0.1, -0.05) is 12.7 Å². The largest absolute Gasteiger partial charge is 0.264 e. The van der Waals surface area contributed by atoms with E-state index in [2.05, 4.69) is 29.5 Å². The highest BCUT2D eigenvalue weighted by Crippen LogP contribution is 2.09. The van der Waals surface area contributed by atoms with Crippen molar-refractivity contribution in [3.05, 3.63) is 12.7 Å². The van der Waals surface area contributed by atoms with Crippen molar-refractivity contribution in [2.24, 2.45) is 4.99 Å². The van der Waals surface area contributed by atoms with Gasteiger partial charge in [-0.15, -0.1) is 0 Å². The molecule has 0 spiro atoms. The summed E-state index contributed by atoms with van der Waals surface area (Å²) in [5, 5.41) is 2.10. The Morgan fingerprint density at radius 1 is 1.40 bits per heavy atom. The van der Waals surface area contributed by atoms with Crippen LogP contribution in [0.25, 0.3) is 0 Å². The Kier molecular flexibility index (Phi) is 4.12. The van der Waals surface area contributed by atoms with E-state index in [0.717, 1.165) is 0 Å². The van der Waals surface area contributed by atoms with Crippen LogP contribution in [-0.4, -0.2) is 29.6 Å². The van der Waals surface area contributed by atoms with Crippen molar-refractivity contribution in [2.45, 2.75) is 6.92 Å². The Labute approximate surface area is 64.0 Å². The van der Waals surface area contributed by atoms with Gasteiger partial charge < -0.3 is 0 Å². The van der Waals surface area contributed by atoms with Crippen molar-refractivity contribution in [3.8, 4) is 0 Å². The minimum Gasteiger partial charge on any atom is -0.264 e. The first-order valence-corrected chi connectivity index (χ1v) is 5.70. The molecule has 0 aromatic heterocycles. The van der Waals surface area contributed by atoms with E-state index in [9.17, 15) is 0 Å². The molecule has 0 rings (SSSR count). The maximum absolute atomic E-state index is 4.07. The van der Waals surface area contributed by atoms with E-state index in [1.54, 1.807) is 6.21 Å². The van der Waals surface area contributed by atoms with Gasteiger partial charge in [-0.25, -0.2) is 0 Å². The Hall–Kier alpha value is -0.500. The lowest BCUT2D eigenvalue weighted by molar-refractivity contribution is 1.81. The fourth-order valence-corrected chi connectivity index (χ4v) is 1.50. The smallest absolute Gasteiger partial charge is 0.0453 e. The zero-order chi connectivity index (χ0) is 8.04. The van der Waals surface area contributed by atoms with Crippen LogP contribution in [0.1, 0.15) is 6.92 Å². The van der Waals surface area contributed by atoms with E-state index in [1.165, 1.54) is 0 Å². The van der Waals surface area contributed by atoms with E-state index < -0.39 is 9.21 Å². The SMILES string of the molecule is C=CC=S(C)(C)=CN=CC. The molecule has 2 heteroatoms. The van der Waals surface area contributed by atoms with Crippen LogP contribution in [0.3, 0.4) is 0 Å². The van der Waals surface area contributed by atoms with Crippen LogP contribution >= 0.6 is 9.21 Å². The molecule has 0 atom stereocenters. The van der Waals surface area contributed by atoms with E-state index >= 15 is 0 Å². The standard InChI is InChI=1S/C8H15NS/c1-5-7-10(3,4)8-9-6-2/h5-8H,1H2,2-4H3. The lowest BCUT2D eigenvalue weighted by Gasteiger charge is -1.98. The molecule has 58 valence electrons. The molecule has 0 fully saturated rings. The monoisotopic (exact) mass is 157 g/mol. The zero-order valence-corrected chi connectivity index (χ0v) is 7.69. The fraction of sp³-hybridized carbons (Fsp3) is 0.375. The van der Waals surface area contributed by atoms with Crippen LogP contribution in [0.4, 0.5) is 0 Å². The minimum atomic E-state index is -0.760. The summed E-state index contributed by atoms with van der Waals surface area (Å²) in [6.07, 6.45) is 7.96. The van der Waals surface area contributed by atoms with E-state index in [-0.39, 0.29) is 0 Å². The molecule has 0 saturated heterocycles. The van der Waals surface area contributed by atoms with Crippen LogP contribution in [0.5, 0.6) is 0 Å². The molecule has 0 aromatic rings. The summed E-state index contributed by atoms with van der Waals surface area (Å²) in [6.45, 7) is 5.56. The summed E-state index contributed by atoms with van der Waals surface area (Å²) < 4.78 is 0. The highest BCUT2D eigenvalue weighted by atomic mass is 32.2. The molecular weight excluding hydrogens is 142 g/mol. The van der Waals surface area contributed by atoms with Gasteiger partial charge in [0, 0.05) is 11.7 Å². The van der Waals surface area contributed by atoms with Crippen molar-refractivity contribution in [1.29, 1.82) is 0 Å². The summed E-state index contributed by atoms with van der Waals surface area (Å²) in [6, 6.07) is 0. The zero-order valence-electron chi connectivity index (χ0n) is 6.87. The molecule has 0 N–H and O–H groups in total. The Balaban J connectivity index is 4.70. The molecule has 0 aliphatic carbocycles. The van der Waals surface area contributed by atoms with Crippen LogP contribution in [0.2, 0.25) is 0 Å². The predicted molar refractivity (Wildman–Crippen MR) is 55.9 cm³/mol. The predicted octanol–water partition coefficient (Wildman–Crippen LogP) is 1.89. The number of hydrogen-bond donors (Lipinski definition) is 0. The maximum atomic E-state index is 4.07. The Bertz CT molecular complexity index is 232. The van der Waals surface area contributed by atoms with Gasteiger partial charge in [0.05, 0.1) is 0 Å². The molecule has 0 amide bonds. The van der Waals surface area contributed by atoms with Gasteiger partial charge in [-0.3, -0.25) is 4.99 Å². The first kappa shape index (κ1) is 9.50. The number of nitrogens with zero attached hydrogens (tertiary/aromatic N) is 1. The number of rotatable bonds is 2. The molecule has 0 saturated carbocycles. The molecule has 0 unspecified atom stereocenters. The van der Waals surface area contributed by atoms with Crippen molar-refractivity contribution in [3.63, 3.8) is 0 Å². The number of hydrogen-bond acceptors (Lipinski definition) is 0. The molecule has 0 aromatic carbocycles. The molecule has 10 heavy (non-hydrogen) atoms. The molecule has 0 bridgehead atoms. The first-order chi connectivity index (χ1) is 4.62. The summed E-state index contributed by atoms with van der Waals surface area (Å²) in [5.74, 6) is 0. The van der Waals surface area contributed by atoms with Crippen molar-refractivity contribution in [1.82, 2.24) is 0 Å². The average molecular weight is 157 g/mol. The lowest BCUT2D eigenvalue weighted by atomic mass is 10.8. The van der Waals surface area contributed by atoms with Gasteiger partial charge >= 0.3 is 0 Å². The maximum Gasteiger partial charge on any atom is 0.0453 e. The molecular formula is C8H15NS. The van der Waals surface area contributed by atoms with E-state index in [1.807, 2.05) is 18.5 Å². The number of aliphatic imine (C=N–C) groups is 1. The Morgan fingerprint density at radius 3 is 2.40 bits per heavy atom. The second kappa shape index (κ2) is 4.34. The van der Waals surface area contributed by atoms with Crippen molar-refractivity contribution in [2.75, 3.05) is 12.5 Å². The normalized spacial score (nSPS) is 11.5. The van der Waals surface area contributed by atoms with Crippen molar-refractivity contribution >= 4 is 26.3 Å². The Morgan fingerprint density at radius 2 is 2.00 bits per heavy atom. The first-order valence-electron chi connectivity index (χ1n) is 3.12. The lowest BCUT2D eigenvalue weighted by Crippen LogP contribution is -1.78. The molecule has 0 heterocycles. The van der Waals surface area contributed by atoms with Gasteiger partial charge in [-0.2, -0.15) is 9.21 Å². The van der Waals surface area contributed by atoms with Gasteiger partial charge in [0.2, 0.25) is 0 Å². The van der Waals surface area contributed by atoms with Gasteiger partial charge in [0.15, 0.2) is 0 Å². The summed E-state index contributed by atoms with van der Waals surface area (Å²) in [5.41, 5.74) is 1.98. The van der Waals surface area contributed by atoms with Crippen LogP contribution in [0.15, 0.2) is 17.6 Å². The van der Waals surface area contributed by atoms with Gasteiger partial charge in [0.1, 0.15) is 0 Å². The summed E-state index contributed by atoms with van der Waals surface area (Å²) >= 11 is 0. The fourth-order valence-electron chi connectivity index (χ4n) is 0.501. The quantitative estimate of drug-likeness (QED) is 0.330. The highest BCUT2D eigenvalue weighted by Gasteiger charge is 1.79. The van der Waals surface area contributed by atoms with E-state index in [0.29, 0.717) is 0 Å². The third-order valence-corrected chi connectivity index (χ3v) is 2.49. The van der Waals surface area contributed by atoms with E-state index in [4.69, 9.17) is 0 Å². The minimum absolute atomic E-state index is 0.760.